The van der Waals surface area contributed by atoms with Crippen LogP contribution in [-0.4, -0.2) is 18.2 Å². The summed E-state index contributed by atoms with van der Waals surface area (Å²) in [5, 5.41) is 9.60. The molecule has 1 aromatic carbocycles. The SMILES string of the molecule is COc1cc(C(=O)O)cc2occ(Br)c12. The number of fused-ring (bicyclic) bond motifs is 1. The van der Waals surface area contributed by atoms with Crippen molar-refractivity contribution in [3.05, 3.63) is 28.4 Å². The second-order valence-corrected chi connectivity index (χ2v) is 3.79. The van der Waals surface area contributed by atoms with E-state index in [1.165, 1.54) is 25.5 Å². The van der Waals surface area contributed by atoms with Crippen LogP contribution >= 0.6 is 15.9 Å². The molecule has 1 N–H and O–H groups in total. The Hall–Kier alpha value is -1.49. The van der Waals surface area contributed by atoms with Gasteiger partial charge in [-0.1, -0.05) is 0 Å². The summed E-state index contributed by atoms with van der Waals surface area (Å²) in [5.74, 6) is -0.534. The van der Waals surface area contributed by atoms with Crippen LogP contribution in [0.1, 0.15) is 10.4 Å². The lowest BCUT2D eigenvalue weighted by molar-refractivity contribution is 0.0696. The minimum absolute atomic E-state index is 0.140. The van der Waals surface area contributed by atoms with E-state index in [2.05, 4.69) is 15.9 Å². The molecule has 2 aromatic rings. The Kier molecular flexibility index (Phi) is 2.40. The molecular weight excluding hydrogens is 264 g/mol. The first kappa shape index (κ1) is 10.0. The molecule has 0 saturated heterocycles. The average molecular weight is 271 g/mol. The number of benzene rings is 1. The summed E-state index contributed by atoms with van der Waals surface area (Å²) >= 11 is 3.30. The third kappa shape index (κ3) is 1.59. The molecule has 0 atom stereocenters. The highest BCUT2D eigenvalue weighted by Gasteiger charge is 2.14. The van der Waals surface area contributed by atoms with Gasteiger partial charge in [-0.25, -0.2) is 4.79 Å². The van der Waals surface area contributed by atoms with Crippen LogP contribution < -0.4 is 4.74 Å². The largest absolute Gasteiger partial charge is 0.496 e. The van der Waals surface area contributed by atoms with Gasteiger partial charge in [0.05, 0.1) is 22.5 Å². The standard InChI is InChI=1S/C10H7BrO4/c1-14-7-2-5(10(12)13)3-8-9(7)6(11)4-15-8/h2-4H,1H3,(H,12,13). The zero-order valence-electron chi connectivity index (χ0n) is 7.78. The molecule has 0 aliphatic carbocycles. The molecule has 15 heavy (non-hydrogen) atoms. The first-order chi connectivity index (χ1) is 7.13. The summed E-state index contributed by atoms with van der Waals surface area (Å²) in [4.78, 5) is 10.8. The number of hydrogen-bond acceptors (Lipinski definition) is 3. The molecule has 1 heterocycles. The molecule has 4 nitrogen and oxygen atoms in total. The molecule has 0 amide bonds. The van der Waals surface area contributed by atoms with Crippen molar-refractivity contribution in [1.82, 2.24) is 0 Å². The van der Waals surface area contributed by atoms with E-state index in [1.807, 2.05) is 0 Å². The van der Waals surface area contributed by atoms with Gasteiger partial charge in [-0.15, -0.1) is 0 Å². The van der Waals surface area contributed by atoms with Crippen molar-refractivity contribution < 1.29 is 19.1 Å². The average Bonchev–Trinajstić information content (AvgIpc) is 2.59. The highest BCUT2D eigenvalue weighted by Crippen LogP contribution is 2.35. The van der Waals surface area contributed by atoms with E-state index in [9.17, 15) is 4.79 Å². The lowest BCUT2D eigenvalue weighted by Gasteiger charge is -2.03. The molecule has 0 fully saturated rings. The van der Waals surface area contributed by atoms with Crippen molar-refractivity contribution in [2.75, 3.05) is 7.11 Å². The fraction of sp³-hybridized carbons (Fsp3) is 0.100. The van der Waals surface area contributed by atoms with Crippen molar-refractivity contribution in [2.45, 2.75) is 0 Å². The van der Waals surface area contributed by atoms with E-state index in [-0.39, 0.29) is 5.56 Å². The second kappa shape index (κ2) is 3.58. The second-order valence-electron chi connectivity index (χ2n) is 2.94. The Labute approximate surface area is 93.6 Å². The van der Waals surface area contributed by atoms with Crippen LogP contribution in [0.15, 0.2) is 27.3 Å². The number of aromatic carboxylic acids is 1. The van der Waals surface area contributed by atoms with Crippen molar-refractivity contribution in [2.24, 2.45) is 0 Å². The minimum Gasteiger partial charge on any atom is -0.496 e. The fourth-order valence-electron chi connectivity index (χ4n) is 1.38. The predicted molar refractivity (Wildman–Crippen MR) is 57.4 cm³/mol. The van der Waals surface area contributed by atoms with Crippen molar-refractivity contribution >= 4 is 32.9 Å². The van der Waals surface area contributed by atoms with Crippen LogP contribution in [0.4, 0.5) is 0 Å². The molecule has 0 spiro atoms. The number of methoxy groups -OCH3 is 1. The van der Waals surface area contributed by atoms with Crippen molar-refractivity contribution in [3.8, 4) is 5.75 Å². The van der Waals surface area contributed by atoms with Crippen LogP contribution in [0.25, 0.3) is 11.0 Å². The monoisotopic (exact) mass is 270 g/mol. The highest BCUT2D eigenvalue weighted by atomic mass is 79.9. The maximum absolute atomic E-state index is 10.8. The first-order valence-electron chi connectivity index (χ1n) is 4.11. The maximum Gasteiger partial charge on any atom is 0.335 e. The quantitative estimate of drug-likeness (QED) is 0.912. The van der Waals surface area contributed by atoms with Gasteiger partial charge < -0.3 is 14.3 Å². The molecule has 0 aliphatic rings. The fourth-order valence-corrected chi connectivity index (χ4v) is 1.86. The number of carboxylic acids is 1. The van der Waals surface area contributed by atoms with Crippen LogP contribution in [0.2, 0.25) is 0 Å². The third-order valence-electron chi connectivity index (χ3n) is 2.06. The van der Waals surface area contributed by atoms with Gasteiger partial charge in [0.2, 0.25) is 0 Å². The van der Waals surface area contributed by atoms with E-state index < -0.39 is 5.97 Å². The zero-order valence-corrected chi connectivity index (χ0v) is 9.37. The van der Waals surface area contributed by atoms with Gasteiger partial charge in [0.25, 0.3) is 0 Å². The molecule has 0 bridgehead atoms. The van der Waals surface area contributed by atoms with Gasteiger partial charge in [-0.3, -0.25) is 0 Å². The van der Waals surface area contributed by atoms with Gasteiger partial charge >= 0.3 is 5.97 Å². The van der Waals surface area contributed by atoms with Gasteiger partial charge in [-0.05, 0) is 28.1 Å². The topological polar surface area (TPSA) is 59.7 Å². The number of hydrogen-bond donors (Lipinski definition) is 1. The first-order valence-corrected chi connectivity index (χ1v) is 4.91. The van der Waals surface area contributed by atoms with Crippen molar-refractivity contribution in [3.63, 3.8) is 0 Å². The summed E-state index contributed by atoms with van der Waals surface area (Å²) in [6.07, 6.45) is 1.50. The Balaban J connectivity index is 2.79. The molecule has 1 aromatic heterocycles. The summed E-state index contributed by atoms with van der Waals surface area (Å²) < 4.78 is 11.0. The molecule has 0 unspecified atom stereocenters. The summed E-state index contributed by atoms with van der Waals surface area (Å²) in [7, 11) is 1.49. The number of ether oxygens (including phenoxy) is 1. The van der Waals surface area contributed by atoms with Crippen LogP contribution in [0.3, 0.4) is 0 Å². The van der Waals surface area contributed by atoms with Crippen LogP contribution in [0.5, 0.6) is 5.75 Å². The molecule has 2 rings (SSSR count). The van der Waals surface area contributed by atoms with E-state index >= 15 is 0 Å². The number of carboxylic acid groups (broad SMARTS) is 1. The maximum atomic E-state index is 10.8. The number of rotatable bonds is 2. The van der Waals surface area contributed by atoms with Gasteiger partial charge in [0.1, 0.15) is 17.6 Å². The normalized spacial score (nSPS) is 10.5. The Morgan fingerprint density at radius 2 is 2.27 bits per heavy atom. The highest BCUT2D eigenvalue weighted by molar-refractivity contribution is 9.10. The molecule has 0 aliphatic heterocycles. The van der Waals surface area contributed by atoms with Crippen molar-refractivity contribution in [1.29, 1.82) is 0 Å². The minimum atomic E-state index is -1.01. The Bertz CT molecular complexity index is 529. The lowest BCUT2D eigenvalue weighted by atomic mass is 10.1. The van der Waals surface area contributed by atoms with Gasteiger partial charge in [-0.2, -0.15) is 0 Å². The van der Waals surface area contributed by atoms with E-state index in [1.54, 1.807) is 0 Å². The zero-order chi connectivity index (χ0) is 11.0. The smallest absolute Gasteiger partial charge is 0.335 e. The Morgan fingerprint density at radius 1 is 1.53 bits per heavy atom. The summed E-state index contributed by atoms with van der Waals surface area (Å²) in [6.45, 7) is 0. The number of halogens is 1. The summed E-state index contributed by atoms with van der Waals surface area (Å²) in [5.41, 5.74) is 0.625. The van der Waals surface area contributed by atoms with Gasteiger partial charge in [0.15, 0.2) is 0 Å². The predicted octanol–water partition coefficient (Wildman–Crippen LogP) is 2.90. The van der Waals surface area contributed by atoms with Crippen LogP contribution in [-0.2, 0) is 0 Å². The third-order valence-corrected chi connectivity index (χ3v) is 2.64. The summed E-state index contributed by atoms with van der Waals surface area (Å²) in [6, 6.07) is 2.93. The Morgan fingerprint density at radius 3 is 2.87 bits per heavy atom. The van der Waals surface area contributed by atoms with Crippen LogP contribution in [0, 0.1) is 0 Å². The van der Waals surface area contributed by atoms with E-state index in [0.29, 0.717) is 11.3 Å². The van der Waals surface area contributed by atoms with Gasteiger partial charge in [0, 0.05) is 0 Å². The molecular formula is C10H7BrO4. The molecule has 0 saturated carbocycles. The molecule has 78 valence electrons. The lowest BCUT2D eigenvalue weighted by Crippen LogP contribution is -1.96. The number of carbonyl (C=O) groups is 1. The molecule has 5 heteroatoms. The van der Waals surface area contributed by atoms with E-state index in [0.717, 1.165) is 9.86 Å². The van der Waals surface area contributed by atoms with E-state index in [4.69, 9.17) is 14.3 Å². The molecule has 0 radical (unpaired) electrons. The number of furan rings is 1.